The zero-order chi connectivity index (χ0) is 35.8. The standard InChI is InChI=1S/C52H41NS/c1-4-15-37(16-5-1)43-23-12-21-40-29-30-41(35-47(40)43)36-31-33-42(34-32-36)53(48-26-11-10-22-44(48)38-17-6-2-7-18-38)49-27-13-25-46-51-45(39-19-8-3-9-20-39)24-14-28-50(51)54-52(46)49/h1-12,14-26,28-31,33-36,40,47H,13,27,32H2. The van der Waals surface area contributed by atoms with Gasteiger partial charge in [0, 0.05) is 44.8 Å². The van der Waals surface area contributed by atoms with Gasteiger partial charge in [0.25, 0.3) is 0 Å². The minimum Gasteiger partial charge on any atom is -0.312 e. The molecule has 0 saturated heterocycles. The molecule has 0 saturated carbocycles. The normalized spacial score (nSPS) is 20.0. The number of allylic oxidation sites excluding steroid dienone is 11. The molecule has 1 heterocycles. The first kappa shape index (κ1) is 32.7. The molecule has 4 aliphatic carbocycles. The summed E-state index contributed by atoms with van der Waals surface area (Å²) in [6.45, 7) is 0. The maximum atomic E-state index is 2.60. The van der Waals surface area contributed by atoms with Crippen molar-refractivity contribution in [1.82, 2.24) is 0 Å². The number of nitrogens with zero attached hydrogens (tertiary/aromatic N) is 1. The molecular formula is C52H41NS. The highest BCUT2D eigenvalue weighted by atomic mass is 32.1. The molecule has 0 aliphatic heterocycles. The van der Waals surface area contributed by atoms with Gasteiger partial charge in [-0.1, -0.05) is 176 Å². The third kappa shape index (κ3) is 5.88. The zero-order valence-corrected chi connectivity index (χ0v) is 31.0. The fraction of sp³-hybridized carbons (Fsp3) is 0.115. The second-order valence-electron chi connectivity index (χ2n) is 14.6. The van der Waals surface area contributed by atoms with Crippen LogP contribution in [0.4, 0.5) is 5.69 Å². The maximum absolute atomic E-state index is 2.60. The Bertz CT molecular complexity index is 2690. The maximum Gasteiger partial charge on any atom is 0.0551 e. The number of thiophene rings is 1. The van der Waals surface area contributed by atoms with Crippen molar-refractivity contribution in [3.63, 3.8) is 0 Å². The monoisotopic (exact) mass is 711 g/mol. The Hall–Kier alpha value is -5.96. The summed E-state index contributed by atoms with van der Waals surface area (Å²) in [5, 5.41) is 2.76. The van der Waals surface area contributed by atoms with Gasteiger partial charge in [-0.3, -0.25) is 0 Å². The number of hydrogen-bond acceptors (Lipinski definition) is 2. The molecule has 3 unspecified atom stereocenters. The lowest BCUT2D eigenvalue weighted by atomic mass is 9.73. The Balaban J connectivity index is 1.08. The summed E-state index contributed by atoms with van der Waals surface area (Å²) in [5.74, 6) is 1.08. The van der Waals surface area contributed by atoms with E-state index in [4.69, 9.17) is 0 Å². The molecule has 0 fully saturated rings. The number of benzene rings is 5. The van der Waals surface area contributed by atoms with Gasteiger partial charge in [-0.25, -0.2) is 0 Å². The highest BCUT2D eigenvalue weighted by molar-refractivity contribution is 7.17. The molecule has 10 rings (SSSR count). The number of fused-ring (bicyclic) bond motifs is 4. The van der Waals surface area contributed by atoms with Crippen LogP contribution in [-0.2, 0) is 0 Å². The van der Waals surface area contributed by atoms with Gasteiger partial charge < -0.3 is 4.90 Å². The average Bonchev–Trinajstić information content (AvgIpc) is 3.65. The van der Waals surface area contributed by atoms with E-state index >= 15 is 0 Å². The van der Waals surface area contributed by atoms with E-state index in [9.17, 15) is 0 Å². The Labute approximate surface area is 322 Å². The van der Waals surface area contributed by atoms with Crippen molar-refractivity contribution < 1.29 is 0 Å². The lowest BCUT2D eigenvalue weighted by Crippen LogP contribution is -2.34. The van der Waals surface area contributed by atoms with E-state index in [-0.39, 0.29) is 0 Å². The number of hydrogen-bond donors (Lipinski definition) is 0. The van der Waals surface area contributed by atoms with Gasteiger partial charge in [0.05, 0.1) is 10.2 Å². The Kier molecular flexibility index (Phi) is 8.54. The fourth-order valence-corrected chi connectivity index (χ4v) is 10.2. The molecular weight excluding hydrogens is 671 g/mol. The predicted octanol–water partition coefficient (Wildman–Crippen LogP) is 12.3. The van der Waals surface area contributed by atoms with E-state index in [2.05, 4.69) is 199 Å². The van der Waals surface area contributed by atoms with Crippen LogP contribution in [0.15, 0.2) is 199 Å². The summed E-state index contributed by atoms with van der Waals surface area (Å²) in [5.41, 5.74) is 13.1. The average molecular weight is 712 g/mol. The van der Waals surface area contributed by atoms with E-state index in [1.165, 1.54) is 75.9 Å². The molecule has 260 valence electrons. The van der Waals surface area contributed by atoms with E-state index in [1.807, 2.05) is 11.3 Å². The zero-order valence-electron chi connectivity index (χ0n) is 30.2. The second kappa shape index (κ2) is 14.1. The molecule has 54 heavy (non-hydrogen) atoms. The van der Waals surface area contributed by atoms with Crippen LogP contribution in [0.2, 0.25) is 0 Å². The van der Waals surface area contributed by atoms with Gasteiger partial charge in [0.15, 0.2) is 0 Å². The van der Waals surface area contributed by atoms with Crippen LogP contribution in [0.3, 0.4) is 0 Å². The Morgan fingerprint density at radius 3 is 2.07 bits per heavy atom. The van der Waals surface area contributed by atoms with Crippen LogP contribution in [0.1, 0.15) is 24.8 Å². The minimum absolute atomic E-state index is 0.332. The summed E-state index contributed by atoms with van der Waals surface area (Å²) in [7, 11) is 0. The van der Waals surface area contributed by atoms with Gasteiger partial charge in [0.2, 0.25) is 0 Å². The van der Waals surface area contributed by atoms with Crippen LogP contribution >= 0.6 is 11.3 Å². The van der Waals surface area contributed by atoms with Gasteiger partial charge in [-0.05, 0) is 76.1 Å². The highest BCUT2D eigenvalue weighted by Gasteiger charge is 2.29. The quantitative estimate of drug-likeness (QED) is 0.159. The first-order valence-corrected chi connectivity index (χ1v) is 20.1. The molecule has 4 aliphatic rings. The molecule has 1 nitrogen and oxygen atoms in total. The molecule has 5 aromatic carbocycles. The van der Waals surface area contributed by atoms with Gasteiger partial charge in [-0.2, -0.15) is 0 Å². The summed E-state index contributed by atoms with van der Waals surface area (Å²) < 4.78 is 2.73. The van der Waals surface area contributed by atoms with E-state index in [1.54, 1.807) is 0 Å². The number of para-hydroxylation sites is 1. The van der Waals surface area contributed by atoms with Crippen molar-refractivity contribution in [3.8, 4) is 22.3 Å². The van der Waals surface area contributed by atoms with Crippen molar-refractivity contribution >= 4 is 44.5 Å². The summed E-state index contributed by atoms with van der Waals surface area (Å²) >= 11 is 1.95. The van der Waals surface area contributed by atoms with Gasteiger partial charge in [-0.15, -0.1) is 11.3 Å². The first-order chi connectivity index (χ1) is 26.8. The summed E-state index contributed by atoms with van der Waals surface area (Å²) in [4.78, 5) is 2.60. The Morgan fingerprint density at radius 2 is 1.31 bits per heavy atom. The topological polar surface area (TPSA) is 3.24 Å². The van der Waals surface area contributed by atoms with Crippen molar-refractivity contribution in [1.29, 1.82) is 0 Å². The van der Waals surface area contributed by atoms with E-state index in [0.29, 0.717) is 17.8 Å². The summed E-state index contributed by atoms with van der Waals surface area (Å²) in [6, 6.07) is 48.4. The molecule has 0 spiro atoms. The molecule has 0 bridgehead atoms. The molecule has 3 atom stereocenters. The third-order valence-corrected chi connectivity index (χ3v) is 12.7. The van der Waals surface area contributed by atoms with Crippen LogP contribution in [0.5, 0.6) is 0 Å². The summed E-state index contributed by atoms with van der Waals surface area (Å²) in [6.07, 6.45) is 27.0. The van der Waals surface area contributed by atoms with E-state index < -0.39 is 0 Å². The van der Waals surface area contributed by atoms with Crippen LogP contribution in [0, 0.1) is 17.8 Å². The highest BCUT2D eigenvalue weighted by Crippen LogP contribution is 2.43. The molecule has 0 amide bonds. The van der Waals surface area contributed by atoms with E-state index in [0.717, 1.165) is 19.3 Å². The van der Waals surface area contributed by atoms with Crippen molar-refractivity contribution in [2.75, 3.05) is 4.90 Å². The molecule has 6 aromatic rings. The minimum atomic E-state index is 0.332. The van der Waals surface area contributed by atoms with Gasteiger partial charge >= 0.3 is 0 Å². The third-order valence-electron chi connectivity index (χ3n) is 11.5. The smallest absolute Gasteiger partial charge is 0.0551 e. The van der Waals surface area contributed by atoms with Crippen molar-refractivity contribution in [2.45, 2.75) is 19.3 Å². The first-order valence-electron chi connectivity index (χ1n) is 19.3. The van der Waals surface area contributed by atoms with Crippen LogP contribution in [-0.4, -0.2) is 0 Å². The van der Waals surface area contributed by atoms with Crippen molar-refractivity contribution in [2.24, 2.45) is 17.8 Å². The number of anilines is 1. The van der Waals surface area contributed by atoms with Crippen molar-refractivity contribution in [3.05, 3.63) is 215 Å². The fourth-order valence-electron chi connectivity index (χ4n) is 8.87. The predicted molar refractivity (Wildman–Crippen MR) is 231 cm³/mol. The molecule has 0 N–H and O–H groups in total. The number of rotatable bonds is 7. The molecule has 1 aromatic heterocycles. The SMILES string of the molecule is C1=CC2C=CC(C3C=CC(N(C4=c5sc6cccc(-c7ccccc7)c6c5=CCC4)c4ccccc4-c4ccccc4)=CC3)=CC2C(c2ccccc2)=C1. The van der Waals surface area contributed by atoms with Crippen LogP contribution < -0.4 is 14.7 Å². The lowest BCUT2D eigenvalue weighted by Gasteiger charge is -2.34. The lowest BCUT2D eigenvalue weighted by molar-refractivity contribution is 0.649. The second-order valence-corrected chi connectivity index (χ2v) is 15.7. The largest absolute Gasteiger partial charge is 0.312 e. The Morgan fingerprint density at radius 1 is 0.611 bits per heavy atom. The van der Waals surface area contributed by atoms with Crippen LogP contribution in [0.25, 0.3) is 49.7 Å². The van der Waals surface area contributed by atoms with Gasteiger partial charge in [0.1, 0.15) is 0 Å². The molecule has 0 radical (unpaired) electrons. The molecule has 2 heteroatoms.